The van der Waals surface area contributed by atoms with E-state index in [9.17, 15) is 9.59 Å². The number of amides is 2. The van der Waals surface area contributed by atoms with Crippen molar-refractivity contribution >= 4 is 23.2 Å². The molecule has 2 amide bonds. The number of carbonyl (C=O) groups is 2. The predicted octanol–water partition coefficient (Wildman–Crippen LogP) is 4.18. The van der Waals surface area contributed by atoms with Gasteiger partial charge in [0, 0.05) is 37.5 Å². The van der Waals surface area contributed by atoms with E-state index < -0.39 is 5.41 Å². The van der Waals surface area contributed by atoms with Crippen molar-refractivity contribution in [2.45, 2.75) is 32.6 Å². The van der Waals surface area contributed by atoms with E-state index in [4.69, 9.17) is 4.52 Å². The second-order valence-corrected chi connectivity index (χ2v) is 9.06. The number of hydrogen-bond donors (Lipinski definition) is 1. The van der Waals surface area contributed by atoms with Gasteiger partial charge in [0.25, 0.3) is 5.91 Å². The van der Waals surface area contributed by atoms with E-state index in [0.717, 1.165) is 18.4 Å². The summed E-state index contributed by atoms with van der Waals surface area (Å²) in [6.07, 6.45) is 2.88. The Bertz CT molecular complexity index is 1040. The summed E-state index contributed by atoms with van der Waals surface area (Å²) in [6, 6.07) is 14.2. The number of likely N-dealkylation sites (tertiary alicyclic amines) is 1. The maximum absolute atomic E-state index is 13.0. The Morgan fingerprint density at radius 3 is 2.74 bits per heavy atom. The smallest absolute Gasteiger partial charge is 0.276 e. The summed E-state index contributed by atoms with van der Waals surface area (Å²) in [4.78, 5) is 28.8. The molecule has 1 aliphatic heterocycles. The Morgan fingerprint density at radius 1 is 1.26 bits per heavy atom. The number of nitrogens with zero attached hydrogens (tertiary/aromatic N) is 2. The van der Waals surface area contributed by atoms with Crippen LogP contribution in [0.25, 0.3) is 10.4 Å². The number of carbonyl (C=O) groups excluding carboxylic acids is 2. The molecule has 4 rings (SSSR count). The van der Waals surface area contributed by atoms with Crippen LogP contribution < -0.4 is 5.32 Å². The Balaban J connectivity index is 1.50. The molecule has 0 aliphatic carbocycles. The van der Waals surface area contributed by atoms with Gasteiger partial charge in [-0.3, -0.25) is 9.59 Å². The Morgan fingerprint density at radius 2 is 2.06 bits per heavy atom. The van der Waals surface area contributed by atoms with E-state index in [1.165, 1.54) is 10.4 Å². The first kappa shape index (κ1) is 21.3. The molecule has 31 heavy (non-hydrogen) atoms. The van der Waals surface area contributed by atoms with E-state index in [2.05, 4.69) is 53.1 Å². The van der Waals surface area contributed by atoms with Crippen molar-refractivity contribution in [3.8, 4) is 10.4 Å². The minimum atomic E-state index is -0.648. The Labute approximate surface area is 186 Å². The SMILES string of the molecule is CCCc1cc(C(=O)N2CCC(Cc3ccc(-c4cccs4)cc3)(C(=O)NC)C2)no1. The lowest BCUT2D eigenvalue weighted by Gasteiger charge is -2.27. The molecule has 0 radical (unpaired) electrons. The highest BCUT2D eigenvalue weighted by Crippen LogP contribution is 2.36. The van der Waals surface area contributed by atoms with Crippen LogP contribution in [-0.4, -0.2) is 42.0 Å². The van der Waals surface area contributed by atoms with Gasteiger partial charge in [-0.1, -0.05) is 42.4 Å². The molecule has 162 valence electrons. The average Bonchev–Trinajstić information content (AvgIpc) is 3.55. The van der Waals surface area contributed by atoms with Gasteiger partial charge in [-0.25, -0.2) is 0 Å². The molecule has 0 spiro atoms. The van der Waals surface area contributed by atoms with Gasteiger partial charge in [0.15, 0.2) is 5.69 Å². The van der Waals surface area contributed by atoms with Gasteiger partial charge in [-0.15, -0.1) is 11.3 Å². The van der Waals surface area contributed by atoms with Gasteiger partial charge < -0.3 is 14.7 Å². The van der Waals surface area contributed by atoms with E-state index in [1.807, 2.05) is 6.07 Å². The van der Waals surface area contributed by atoms with Crippen LogP contribution in [0.3, 0.4) is 0 Å². The number of hydrogen-bond acceptors (Lipinski definition) is 5. The molecule has 1 aliphatic rings. The molecule has 1 fully saturated rings. The van der Waals surface area contributed by atoms with Crippen molar-refractivity contribution in [2.24, 2.45) is 5.41 Å². The van der Waals surface area contributed by atoms with Crippen LogP contribution in [0, 0.1) is 5.41 Å². The van der Waals surface area contributed by atoms with Crippen molar-refractivity contribution in [2.75, 3.05) is 20.1 Å². The minimum Gasteiger partial charge on any atom is -0.361 e. The fourth-order valence-corrected chi connectivity index (χ4v) is 5.01. The van der Waals surface area contributed by atoms with Crippen molar-refractivity contribution in [3.63, 3.8) is 0 Å². The van der Waals surface area contributed by atoms with Crippen LogP contribution in [-0.2, 0) is 17.6 Å². The van der Waals surface area contributed by atoms with E-state index in [1.54, 1.807) is 29.4 Å². The molecule has 1 aromatic carbocycles. The number of benzene rings is 1. The molecule has 3 aromatic rings. The third-order valence-corrected chi connectivity index (χ3v) is 6.85. The first-order valence-corrected chi connectivity index (χ1v) is 11.5. The normalized spacial score (nSPS) is 18.3. The standard InChI is InChI=1S/C24H27N3O3S/c1-3-5-19-14-20(26-30-19)22(28)27-12-11-24(16-27,23(29)25-2)15-17-7-9-18(10-8-17)21-6-4-13-31-21/h4,6-10,13-14H,3,5,11-12,15-16H2,1-2H3,(H,25,29). The second kappa shape index (κ2) is 9.06. The van der Waals surface area contributed by atoms with Gasteiger partial charge >= 0.3 is 0 Å². The summed E-state index contributed by atoms with van der Waals surface area (Å²) in [5.41, 5.74) is 1.93. The highest BCUT2D eigenvalue weighted by Gasteiger charge is 2.46. The third-order valence-electron chi connectivity index (χ3n) is 5.93. The third kappa shape index (κ3) is 4.42. The fourth-order valence-electron chi connectivity index (χ4n) is 4.28. The lowest BCUT2D eigenvalue weighted by Crippen LogP contribution is -2.44. The number of nitrogens with one attached hydrogen (secondary N) is 1. The van der Waals surface area contributed by atoms with Crippen LogP contribution in [0.5, 0.6) is 0 Å². The lowest BCUT2D eigenvalue weighted by atomic mass is 9.79. The first-order valence-electron chi connectivity index (χ1n) is 10.6. The van der Waals surface area contributed by atoms with Gasteiger partial charge in [0.2, 0.25) is 5.91 Å². The number of rotatable bonds is 7. The van der Waals surface area contributed by atoms with Gasteiger partial charge in [0.05, 0.1) is 5.41 Å². The highest BCUT2D eigenvalue weighted by molar-refractivity contribution is 7.13. The summed E-state index contributed by atoms with van der Waals surface area (Å²) >= 11 is 1.71. The first-order chi connectivity index (χ1) is 15.0. The summed E-state index contributed by atoms with van der Waals surface area (Å²) < 4.78 is 5.27. The van der Waals surface area contributed by atoms with E-state index in [0.29, 0.717) is 37.4 Å². The van der Waals surface area contributed by atoms with Crippen LogP contribution in [0.2, 0.25) is 0 Å². The zero-order chi connectivity index (χ0) is 21.8. The lowest BCUT2D eigenvalue weighted by molar-refractivity contribution is -0.129. The molecule has 0 bridgehead atoms. The Hall–Kier alpha value is -2.93. The fraction of sp³-hybridized carbons (Fsp3) is 0.375. The maximum Gasteiger partial charge on any atom is 0.276 e. The number of aromatic nitrogens is 1. The molecule has 1 saturated heterocycles. The van der Waals surface area contributed by atoms with Crippen LogP contribution >= 0.6 is 11.3 Å². The van der Waals surface area contributed by atoms with E-state index >= 15 is 0 Å². The quantitative estimate of drug-likeness (QED) is 0.602. The van der Waals surface area contributed by atoms with Crippen LogP contribution in [0.15, 0.2) is 52.4 Å². The Kier molecular flexibility index (Phi) is 6.23. The summed E-state index contributed by atoms with van der Waals surface area (Å²) in [6.45, 7) is 2.94. The number of aryl methyl sites for hydroxylation is 1. The molecule has 2 aromatic heterocycles. The van der Waals surface area contributed by atoms with Crippen molar-refractivity contribution < 1.29 is 14.1 Å². The average molecular weight is 438 g/mol. The van der Waals surface area contributed by atoms with E-state index in [-0.39, 0.29) is 11.8 Å². The van der Waals surface area contributed by atoms with Crippen molar-refractivity contribution in [1.29, 1.82) is 0 Å². The topological polar surface area (TPSA) is 75.4 Å². The second-order valence-electron chi connectivity index (χ2n) is 8.12. The number of thiophene rings is 1. The molecular formula is C24H27N3O3S. The minimum absolute atomic E-state index is 0.0306. The molecule has 0 saturated carbocycles. The summed E-state index contributed by atoms with van der Waals surface area (Å²) in [7, 11) is 1.66. The molecule has 6 nitrogen and oxygen atoms in total. The zero-order valence-electron chi connectivity index (χ0n) is 17.9. The molecule has 1 N–H and O–H groups in total. The summed E-state index contributed by atoms with van der Waals surface area (Å²) in [5.74, 6) is 0.510. The van der Waals surface area contributed by atoms with Gasteiger partial charge in [-0.2, -0.15) is 0 Å². The van der Waals surface area contributed by atoms with Crippen LogP contribution in [0.4, 0.5) is 0 Å². The van der Waals surface area contributed by atoms with Gasteiger partial charge in [0.1, 0.15) is 5.76 Å². The molecule has 3 heterocycles. The molecule has 7 heteroatoms. The highest BCUT2D eigenvalue weighted by atomic mass is 32.1. The molecule has 1 unspecified atom stereocenters. The van der Waals surface area contributed by atoms with Gasteiger partial charge in [-0.05, 0) is 41.8 Å². The zero-order valence-corrected chi connectivity index (χ0v) is 18.7. The summed E-state index contributed by atoms with van der Waals surface area (Å²) in [5, 5.41) is 8.82. The molecular weight excluding hydrogens is 410 g/mol. The monoisotopic (exact) mass is 437 g/mol. The molecule has 1 atom stereocenters. The largest absolute Gasteiger partial charge is 0.361 e. The maximum atomic E-state index is 13.0. The van der Waals surface area contributed by atoms with Crippen molar-refractivity contribution in [1.82, 2.24) is 15.4 Å². The van der Waals surface area contributed by atoms with Crippen molar-refractivity contribution in [3.05, 3.63) is 64.9 Å². The predicted molar refractivity (Wildman–Crippen MR) is 121 cm³/mol. The van der Waals surface area contributed by atoms with Crippen LogP contribution in [0.1, 0.15) is 41.6 Å².